The van der Waals surface area contributed by atoms with Gasteiger partial charge >= 0.3 is 0 Å². The number of piperazine rings is 1. The van der Waals surface area contributed by atoms with Crippen LogP contribution in [-0.2, 0) is 4.79 Å². The molecule has 1 saturated heterocycles. The van der Waals surface area contributed by atoms with Gasteiger partial charge in [0.05, 0.1) is 11.9 Å². The van der Waals surface area contributed by atoms with Gasteiger partial charge in [-0.25, -0.2) is 4.98 Å². The second kappa shape index (κ2) is 7.54. The van der Waals surface area contributed by atoms with Gasteiger partial charge in [0.25, 0.3) is 0 Å². The van der Waals surface area contributed by atoms with Gasteiger partial charge in [-0.05, 0) is 43.2 Å². The monoisotopic (exact) mass is 370 g/mol. The van der Waals surface area contributed by atoms with Crippen molar-refractivity contribution < 1.29 is 4.79 Å². The first-order valence-electron chi connectivity index (χ1n) is 9.21. The number of hydrogen-bond donors (Lipinski definition) is 1. The van der Waals surface area contributed by atoms with Crippen LogP contribution < -0.4 is 15.1 Å². The summed E-state index contributed by atoms with van der Waals surface area (Å²) in [5.74, 6) is 0.922. The summed E-state index contributed by atoms with van der Waals surface area (Å²) in [5, 5.41) is 3.69. The Morgan fingerprint density at radius 1 is 1.04 bits per heavy atom. The van der Waals surface area contributed by atoms with E-state index in [0.717, 1.165) is 56.2 Å². The first-order chi connectivity index (χ1) is 12.7. The third-order valence-electron chi connectivity index (χ3n) is 5.29. The van der Waals surface area contributed by atoms with Crippen LogP contribution in [0.4, 0.5) is 17.2 Å². The number of amides is 1. The molecule has 0 spiro atoms. The lowest BCUT2D eigenvalue weighted by atomic mass is 9.85. The smallest absolute Gasteiger partial charge is 0.228 e. The van der Waals surface area contributed by atoms with Crippen LogP contribution in [0.5, 0.6) is 0 Å². The molecule has 2 heterocycles. The fourth-order valence-corrected chi connectivity index (χ4v) is 3.63. The number of carbonyl (C=O) groups excluding carboxylic acids is 1. The molecule has 1 aromatic heterocycles. The van der Waals surface area contributed by atoms with Crippen molar-refractivity contribution in [3.63, 3.8) is 0 Å². The Kier molecular flexibility index (Phi) is 4.98. The Labute approximate surface area is 159 Å². The zero-order valence-electron chi connectivity index (χ0n) is 14.7. The van der Waals surface area contributed by atoms with Crippen molar-refractivity contribution in [2.45, 2.75) is 19.3 Å². The summed E-state index contributed by atoms with van der Waals surface area (Å²) in [7, 11) is 0. The SMILES string of the molecule is O=C(Nc1ccc(N2CCN(c3cccc(Cl)c3)CC2)cn1)C1CCC1. The lowest BCUT2D eigenvalue weighted by molar-refractivity contribution is -0.122. The van der Waals surface area contributed by atoms with Crippen LogP contribution in [-0.4, -0.2) is 37.1 Å². The van der Waals surface area contributed by atoms with Gasteiger partial charge in [0.15, 0.2) is 0 Å². The molecule has 0 bridgehead atoms. The van der Waals surface area contributed by atoms with Crippen molar-refractivity contribution in [2.24, 2.45) is 5.92 Å². The number of benzene rings is 1. The van der Waals surface area contributed by atoms with Crippen LogP contribution in [0.2, 0.25) is 5.02 Å². The standard InChI is InChI=1S/C20H23ClN4O/c21-16-5-2-6-17(13-16)24-9-11-25(12-10-24)18-7-8-19(22-14-18)23-20(26)15-3-1-4-15/h2,5-8,13-15H,1,3-4,9-12H2,(H,22,23,26). The van der Waals surface area contributed by atoms with Crippen LogP contribution in [0.25, 0.3) is 0 Å². The molecule has 0 unspecified atom stereocenters. The maximum absolute atomic E-state index is 12.0. The second-order valence-corrected chi connectivity index (χ2v) is 7.41. The van der Waals surface area contributed by atoms with Gasteiger partial charge in [-0.15, -0.1) is 0 Å². The highest BCUT2D eigenvalue weighted by Gasteiger charge is 2.25. The molecule has 0 atom stereocenters. The lowest BCUT2D eigenvalue weighted by Crippen LogP contribution is -2.46. The van der Waals surface area contributed by atoms with Gasteiger partial charge in [0.2, 0.25) is 5.91 Å². The molecule has 1 aliphatic carbocycles. The molecule has 0 radical (unpaired) electrons. The summed E-state index contributed by atoms with van der Waals surface area (Å²) in [6.07, 6.45) is 5.01. The molecule has 2 fully saturated rings. The van der Waals surface area contributed by atoms with Crippen LogP contribution in [0, 0.1) is 5.92 Å². The molecule has 2 aromatic rings. The number of halogens is 1. The van der Waals surface area contributed by atoms with Crippen LogP contribution in [0.15, 0.2) is 42.6 Å². The van der Waals surface area contributed by atoms with Crippen molar-refractivity contribution in [3.05, 3.63) is 47.6 Å². The van der Waals surface area contributed by atoms with Crippen LogP contribution in [0.1, 0.15) is 19.3 Å². The molecule has 1 amide bonds. The van der Waals surface area contributed by atoms with Crippen LogP contribution in [0.3, 0.4) is 0 Å². The van der Waals surface area contributed by atoms with E-state index in [9.17, 15) is 4.79 Å². The minimum atomic E-state index is 0.103. The fourth-order valence-electron chi connectivity index (χ4n) is 3.44. The maximum atomic E-state index is 12.0. The van der Waals surface area contributed by atoms with Crippen molar-refractivity contribution in [3.8, 4) is 0 Å². The molecule has 1 aromatic carbocycles. The quantitative estimate of drug-likeness (QED) is 0.889. The summed E-state index contributed by atoms with van der Waals surface area (Å²) >= 11 is 6.10. The summed E-state index contributed by atoms with van der Waals surface area (Å²) in [6, 6.07) is 11.9. The zero-order valence-corrected chi connectivity index (χ0v) is 15.5. The largest absolute Gasteiger partial charge is 0.368 e. The van der Waals surface area contributed by atoms with Crippen molar-refractivity contribution in [1.82, 2.24) is 4.98 Å². The molecule has 4 rings (SSSR count). The van der Waals surface area contributed by atoms with E-state index in [1.54, 1.807) is 0 Å². The Hall–Kier alpha value is -2.27. The van der Waals surface area contributed by atoms with Crippen LogP contribution >= 0.6 is 11.6 Å². The highest BCUT2D eigenvalue weighted by molar-refractivity contribution is 6.30. The number of carbonyl (C=O) groups is 1. The third-order valence-corrected chi connectivity index (χ3v) is 5.53. The second-order valence-electron chi connectivity index (χ2n) is 6.97. The van der Waals surface area contributed by atoms with E-state index in [2.05, 4.69) is 26.2 Å². The number of aromatic nitrogens is 1. The summed E-state index contributed by atoms with van der Waals surface area (Å²) in [5.41, 5.74) is 2.27. The average Bonchev–Trinajstić information content (AvgIpc) is 2.61. The normalized spacial score (nSPS) is 17.7. The summed E-state index contributed by atoms with van der Waals surface area (Å²) in [4.78, 5) is 21.1. The van der Waals surface area contributed by atoms with Crippen molar-refractivity contribution in [1.29, 1.82) is 0 Å². The molecule has 1 N–H and O–H groups in total. The molecule has 6 heteroatoms. The highest BCUT2D eigenvalue weighted by atomic mass is 35.5. The Bertz CT molecular complexity index is 768. The molecular formula is C20H23ClN4O. The molecular weight excluding hydrogens is 348 g/mol. The molecule has 2 aliphatic rings. The van der Waals surface area contributed by atoms with E-state index >= 15 is 0 Å². The summed E-state index contributed by atoms with van der Waals surface area (Å²) < 4.78 is 0. The highest BCUT2D eigenvalue weighted by Crippen LogP contribution is 2.28. The Morgan fingerprint density at radius 2 is 1.77 bits per heavy atom. The molecule has 5 nitrogen and oxygen atoms in total. The van der Waals surface area contributed by atoms with Gasteiger partial charge in [0.1, 0.15) is 5.82 Å². The topological polar surface area (TPSA) is 48.5 Å². The average molecular weight is 371 g/mol. The molecule has 1 aliphatic heterocycles. The maximum Gasteiger partial charge on any atom is 0.228 e. The minimum absolute atomic E-state index is 0.103. The van der Waals surface area contributed by atoms with Gasteiger partial charge in [-0.2, -0.15) is 0 Å². The van der Waals surface area contributed by atoms with E-state index in [4.69, 9.17) is 11.6 Å². The van der Waals surface area contributed by atoms with Crippen molar-refractivity contribution >= 4 is 34.7 Å². The van der Waals surface area contributed by atoms with E-state index < -0.39 is 0 Å². The predicted molar refractivity (Wildman–Crippen MR) is 106 cm³/mol. The Morgan fingerprint density at radius 3 is 2.35 bits per heavy atom. The molecule has 136 valence electrons. The molecule has 1 saturated carbocycles. The number of pyridine rings is 1. The number of hydrogen-bond acceptors (Lipinski definition) is 4. The van der Waals surface area contributed by atoms with Gasteiger partial charge < -0.3 is 15.1 Å². The van der Waals surface area contributed by atoms with E-state index in [-0.39, 0.29) is 11.8 Å². The van der Waals surface area contributed by atoms with E-state index in [1.807, 2.05) is 36.5 Å². The number of rotatable bonds is 4. The van der Waals surface area contributed by atoms with Crippen molar-refractivity contribution in [2.75, 3.05) is 41.3 Å². The molecule has 26 heavy (non-hydrogen) atoms. The third kappa shape index (κ3) is 3.78. The van der Waals surface area contributed by atoms with Gasteiger partial charge in [0, 0.05) is 42.8 Å². The number of anilines is 3. The van der Waals surface area contributed by atoms with E-state index in [0.29, 0.717) is 5.82 Å². The zero-order chi connectivity index (χ0) is 17.9. The predicted octanol–water partition coefficient (Wildman–Crippen LogP) is 3.80. The first-order valence-corrected chi connectivity index (χ1v) is 9.59. The van der Waals surface area contributed by atoms with E-state index in [1.165, 1.54) is 5.69 Å². The lowest BCUT2D eigenvalue weighted by Gasteiger charge is -2.37. The Balaban J connectivity index is 1.33. The van der Waals surface area contributed by atoms with Gasteiger partial charge in [-0.1, -0.05) is 24.1 Å². The number of nitrogens with one attached hydrogen (secondary N) is 1. The minimum Gasteiger partial charge on any atom is -0.368 e. The van der Waals surface area contributed by atoms with Gasteiger partial charge in [-0.3, -0.25) is 4.79 Å². The first kappa shape index (κ1) is 17.2. The summed E-state index contributed by atoms with van der Waals surface area (Å²) in [6.45, 7) is 3.75. The fraction of sp³-hybridized carbons (Fsp3) is 0.400. The number of nitrogens with zero attached hydrogens (tertiary/aromatic N) is 3.